The average molecular weight is 201 g/mol. The van der Waals surface area contributed by atoms with Crippen LogP contribution in [0.2, 0.25) is 0 Å². The van der Waals surface area contributed by atoms with E-state index >= 15 is 0 Å². The smallest absolute Gasteiger partial charge is 0.356 e. The summed E-state index contributed by atoms with van der Waals surface area (Å²) in [6.45, 7) is 1.53. The Bertz CT molecular complexity index is 353. The molecule has 0 fully saturated rings. The van der Waals surface area contributed by atoms with Gasteiger partial charge in [-0.2, -0.15) is 0 Å². The number of nitrogens with zero attached hydrogens (tertiary/aromatic N) is 1. The molecule has 3 nitrogen and oxygen atoms in total. The van der Waals surface area contributed by atoms with E-state index in [4.69, 9.17) is 0 Å². The summed E-state index contributed by atoms with van der Waals surface area (Å²) in [6, 6.07) is 1.23. The first-order valence-electron chi connectivity index (χ1n) is 3.89. The zero-order valence-corrected chi connectivity index (χ0v) is 7.75. The Balaban J connectivity index is 3.07. The van der Waals surface area contributed by atoms with Crippen molar-refractivity contribution < 1.29 is 18.3 Å². The Morgan fingerprint density at radius 1 is 1.57 bits per heavy atom. The number of hydrogen-bond acceptors (Lipinski definition) is 3. The first-order chi connectivity index (χ1) is 6.56. The molecule has 0 aromatic carbocycles. The predicted molar refractivity (Wildman–Crippen MR) is 45.3 cm³/mol. The van der Waals surface area contributed by atoms with Crippen LogP contribution in [-0.4, -0.2) is 18.1 Å². The summed E-state index contributed by atoms with van der Waals surface area (Å²) in [5.74, 6) is -0.622. The summed E-state index contributed by atoms with van der Waals surface area (Å²) < 4.78 is 28.8. The van der Waals surface area contributed by atoms with E-state index in [2.05, 4.69) is 9.72 Å². The summed E-state index contributed by atoms with van der Waals surface area (Å²) in [7, 11) is 1.21. The van der Waals surface area contributed by atoms with E-state index in [1.165, 1.54) is 20.1 Å². The number of rotatable bonds is 2. The van der Waals surface area contributed by atoms with Gasteiger partial charge in [0.05, 0.1) is 7.11 Å². The number of carbonyl (C=O) groups excluding carboxylic acids is 1. The second kappa shape index (κ2) is 4.13. The fourth-order valence-corrected chi connectivity index (χ4v) is 1.03. The van der Waals surface area contributed by atoms with Crippen molar-refractivity contribution in [3.05, 3.63) is 29.1 Å². The molecule has 0 spiro atoms. The Kier molecular flexibility index (Phi) is 3.11. The Morgan fingerprint density at radius 2 is 2.21 bits per heavy atom. The molecule has 0 amide bonds. The van der Waals surface area contributed by atoms with Crippen LogP contribution in [0.15, 0.2) is 12.3 Å². The molecule has 0 bridgehead atoms. The highest BCUT2D eigenvalue weighted by atomic mass is 19.3. The van der Waals surface area contributed by atoms with E-state index in [1.807, 2.05) is 0 Å². The molecule has 0 aliphatic carbocycles. The Morgan fingerprint density at radius 3 is 2.64 bits per heavy atom. The number of aryl methyl sites for hydroxylation is 1. The van der Waals surface area contributed by atoms with E-state index < -0.39 is 12.4 Å². The normalized spacial score (nSPS) is 10.4. The SMILES string of the molecule is COC(=O)c1ncc(C(F)F)cc1C. The van der Waals surface area contributed by atoms with Crippen LogP contribution >= 0.6 is 0 Å². The van der Waals surface area contributed by atoms with Crippen LogP contribution < -0.4 is 0 Å². The highest BCUT2D eigenvalue weighted by molar-refractivity contribution is 5.88. The molecule has 0 aliphatic rings. The van der Waals surface area contributed by atoms with Gasteiger partial charge in [0.2, 0.25) is 0 Å². The number of aromatic nitrogens is 1. The topological polar surface area (TPSA) is 39.2 Å². The first kappa shape index (κ1) is 10.6. The molecule has 1 aromatic heterocycles. The summed E-state index contributed by atoms with van der Waals surface area (Å²) >= 11 is 0. The van der Waals surface area contributed by atoms with Crippen molar-refractivity contribution in [2.24, 2.45) is 0 Å². The maximum absolute atomic E-state index is 12.2. The number of ether oxygens (including phenoxy) is 1. The van der Waals surface area contributed by atoms with E-state index in [-0.39, 0.29) is 11.3 Å². The number of esters is 1. The van der Waals surface area contributed by atoms with Crippen molar-refractivity contribution in [3.63, 3.8) is 0 Å². The van der Waals surface area contributed by atoms with Gasteiger partial charge in [-0.25, -0.2) is 18.6 Å². The van der Waals surface area contributed by atoms with Gasteiger partial charge in [0.25, 0.3) is 6.43 Å². The average Bonchev–Trinajstić information content (AvgIpc) is 2.16. The van der Waals surface area contributed by atoms with Gasteiger partial charge in [-0.05, 0) is 18.6 Å². The number of methoxy groups -OCH3 is 1. The molecule has 1 heterocycles. The van der Waals surface area contributed by atoms with Crippen LogP contribution in [0.4, 0.5) is 8.78 Å². The third-order valence-corrected chi connectivity index (χ3v) is 1.73. The second-order valence-electron chi connectivity index (χ2n) is 2.73. The zero-order valence-electron chi connectivity index (χ0n) is 7.75. The molecule has 0 saturated carbocycles. The van der Waals surface area contributed by atoms with Crippen LogP contribution in [0.3, 0.4) is 0 Å². The molecular weight excluding hydrogens is 192 g/mol. The number of alkyl halides is 2. The van der Waals surface area contributed by atoms with E-state index in [9.17, 15) is 13.6 Å². The Labute approximate surface area is 79.7 Å². The number of hydrogen-bond donors (Lipinski definition) is 0. The van der Waals surface area contributed by atoms with Crippen molar-refractivity contribution in [2.45, 2.75) is 13.3 Å². The fourth-order valence-electron chi connectivity index (χ4n) is 1.03. The Hall–Kier alpha value is -1.52. The summed E-state index contributed by atoms with van der Waals surface area (Å²) in [6.07, 6.45) is -1.60. The first-order valence-corrected chi connectivity index (χ1v) is 3.89. The van der Waals surface area contributed by atoms with Crippen molar-refractivity contribution in [3.8, 4) is 0 Å². The minimum absolute atomic E-state index is 0.0666. The van der Waals surface area contributed by atoms with Crippen LogP contribution in [0.5, 0.6) is 0 Å². The minimum Gasteiger partial charge on any atom is -0.464 e. The standard InChI is InChI=1S/C9H9F2NO2/c1-5-3-6(8(10)11)4-12-7(5)9(13)14-2/h3-4,8H,1-2H3. The zero-order chi connectivity index (χ0) is 10.7. The predicted octanol–water partition coefficient (Wildman–Crippen LogP) is 2.11. The molecule has 0 aliphatic heterocycles. The highest BCUT2D eigenvalue weighted by Gasteiger charge is 2.14. The molecule has 76 valence electrons. The van der Waals surface area contributed by atoms with Crippen molar-refractivity contribution in [1.29, 1.82) is 0 Å². The molecule has 0 radical (unpaired) electrons. The molecule has 14 heavy (non-hydrogen) atoms. The van der Waals surface area contributed by atoms with Crippen molar-refractivity contribution in [1.82, 2.24) is 4.98 Å². The van der Waals surface area contributed by atoms with Gasteiger partial charge in [0.1, 0.15) is 0 Å². The largest absolute Gasteiger partial charge is 0.464 e. The molecule has 0 unspecified atom stereocenters. The van der Waals surface area contributed by atoms with E-state index in [0.29, 0.717) is 5.56 Å². The monoisotopic (exact) mass is 201 g/mol. The second-order valence-corrected chi connectivity index (χ2v) is 2.73. The number of pyridine rings is 1. The molecule has 1 aromatic rings. The lowest BCUT2D eigenvalue weighted by Crippen LogP contribution is -2.07. The van der Waals surface area contributed by atoms with E-state index in [0.717, 1.165) is 6.20 Å². The molecule has 1 rings (SSSR count). The molecule has 0 saturated heterocycles. The van der Waals surface area contributed by atoms with Crippen molar-refractivity contribution in [2.75, 3.05) is 7.11 Å². The summed E-state index contributed by atoms with van der Waals surface area (Å²) in [5.41, 5.74) is 0.252. The van der Waals surface area contributed by atoms with Crippen molar-refractivity contribution >= 4 is 5.97 Å². The maximum atomic E-state index is 12.2. The lowest BCUT2D eigenvalue weighted by Gasteiger charge is -2.04. The van der Waals surface area contributed by atoms with Crippen LogP contribution in [0, 0.1) is 6.92 Å². The van der Waals surface area contributed by atoms with Crippen LogP contribution in [-0.2, 0) is 4.74 Å². The van der Waals surface area contributed by atoms with Gasteiger partial charge in [0, 0.05) is 11.8 Å². The van der Waals surface area contributed by atoms with Gasteiger partial charge in [-0.1, -0.05) is 0 Å². The van der Waals surface area contributed by atoms with Crippen LogP contribution in [0.25, 0.3) is 0 Å². The van der Waals surface area contributed by atoms with Gasteiger partial charge < -0.3 is 4.74 Å². The van der Waals surface area contributed by atoms with Crippen LogP contribution in [0.1, 0.15) is 28.0 Å². The molecular formula is C9H9F2NO2. The third kappa shape index (κ3) is 2.04. The van der Waals surface area contributed by atoms with Gasteiger partial charge in [-0.15, -0.1) is 0 Å². The fraction of sp³-hybridized carbons (Fsp3) is 0.333. The number of carbonyl (C=O) groups is 1. The highest BCUT2D eigenvalue weighted by Crippen LogP contribution is 2.19. The van der Waals surface area contributed by atoms with Gasteiger partial charge in [0.15, 0.2) is 5.69 Å². The van der Waals surface area contributed by atoms with Gasteiger partial charge >= 0.3 is 5.97 Å². The summed E-state index contributed by atoms with van der Waals surface area (Å²) in [4.78, 5) is 14.7. The lowest BCUT2D eigenvalue weighted by molar-refractivity contribution is 0.0592. The minimum atomic E-state index is -2.58. The van der Waals surface area contributed by atoms with Gasteiger partial charge in [-0.3, -0.25) is 0 Å². The molecule has 5 heteroatoms. The quantitative estimate of drug-likeness (QED) is 0.688. The lowest BCUT2D eigenvalue weighted by atomic mass is 10.1. The third-order valence-electron chi connectivity index (χ3n) is 1.73. The number of halogens is 2. The molecule has 0 atom stereocenters. The molecule has 0 N–H and O–H groups in total. The summed E-state index contributed by atoms with van der Waals surface area (Å²) in [5, 5.41) is 0. The van der Waals surface area contributed by atoms with E-state index in [1.54, 1.807) is 0 Å². The maximum Gasteiger partial charge on any atom is 0.356 e.